The number of carbonyl (C=O) groups excluding carboxylic acids is 1. The van der Waals surface area contributed by atoms with Crippen LogP contribution in [-0.2, 0) is 16.0 Å². The molecule has 1 unspecified atom stereocenters. The molecule has 1 amide bonds. The molecule has 0 aliphatic carbocycles. The highest BCUT2D eigenvalue weighted by Gasteiger charge is 2.30. The molecular formula is C19H32N6O2. The first-order valence-corrected chi connectivity index (χ1v) is 10.1. The molecular weight excluding hydrogens is 344 g/mol. The van der Waals surface area contributed by atoms with Crippen molar-refractivity contribution < 1.29 is 9.53 Å². The quantitative estimate of drug-likeness (QED) is 0.438. The van der Waals surface area contributed by atoms with Crippen molar-refractivity contribution in [3.8, 4) is 0 Å². The minimum atomic E-state index is -0.218. The number of ether oxygens (including phenoxy) is 1. The lowest BCUT2D eigenvalue weighted by Gasteiger charge is -2.37. The summed E-state index contributed by atoms with van der Waals surface area (Å²) >= 11 is 0. The Balaban J connectivity index is 1.46. The molecule has 0 spiro atoms. The van der Waals surface area contributed by atoms with Gasteiger partial charge in [-0.25, -0.2) is 0 Å². The SMILES string of the molecule is CCNC(=NCCCc1cn[nH]c1C)N1CCN(C(=O)C2CCCO2)CC1. The van der Waals surface area contributed by atoms with Crippen LogP contribution >= 0.6 is 0 Å². The summed E-state index contributed by atoms with van der Waals surface area (Å²) in [6, 6.07) is 0. The Bertz CT molecular complexity index is 630. The van der Waals surface area contributed by atoms with Crippen molar-refractivity contribution in [3.63, 3.8) is 0 Å². The zero-order chi connectivity index (χ0) is 19.1. The number of carbonyl (C=O) groups is 1. The summed E-state index contributed by atoms with van der Waals surface area (Å²) in [6.45, 7) is 9.56. The average Bonchev–Trinajstić information content (AvgIpc) is 3.36. The number of hydrogen-bond acceptors (Lipinski definition) is 4. The second kappa shape index (κ2) is 9.73. The van der Waals surface area contributed by atoms with Gasteiger partial charge in [-0.2, -0.15) is 5.10 Å². The predicted molar refractivity (Wildman–Crippen MR) is 105 cm³/mol. The van der Waals surface area contributed by atoms with E-state index in [9.17, 15) is 4.79 Å². The van der Waals surface area contributed by atoms with E-state index >= 15 is 0 Å². The molecule has 0 bridgehead atoms. The third-order valence-corrected chi connectivity index (χ3v) is 5.23. The normalized spacial score (nSPS) is 21.0. The van der Waals surface area contributed by atoms with Crippen LogP contribution < -0.4 is 5.32 Å². The standard InChI is InChI=1S/C19H32N6O2/c1-3-20-19(21-8-4-6-16-14-22-23-15(16)2)25-11-9-24(10-12-25)18(26)17-7-5-13-27-17/h14,17H,3-13H2,1-2H3,(H,20,21)(H,22,23). The molecule has 8 nitrogen and oxygen atoms in total. The summed E-state index contributed by atoms with van der Waals surface area (Å²) in [6.07, 6.45) is 5.51. The van der Waals surface area contributed by atoms with Crippen molar-refractivity contribution >= 4 is 11.9 Å². The van der Waals surface area contributed by atoms with E-state index in [1.54, 1.807) is 0 Å². The van der Waals surface area contributed by atoms with Crippen LogP contribution in [0, 0.1) is 6.92 Å². The number of aliphatic imine (C=N–C) groups is 1. The molecule has 2 fully saturated rings. The number of rotatable bonds is 6. The van der Waals surface area contributed by atoms with Crippen molar-refractivity contribution in [3.05, 3.63) is 17.5 Å². The summed E-state index contributed by atoms with van der Waals surface area (Å²) in [5, 5.41) is 10.4. The lowest BCUT2D eigenvalue weighted by Crippen LogP contribution is -2.55. The number of piperazine rings is 1. The van der Waals surface area contributed by atoms with Gasteiger partial charge in [0.15, 0.2) is 5.96 Å². The lowest BCUT2D eigenvalue weighted by molar-refractivity contribution is -0.142. The number of hydrogen-bond donors (Lipinski definition) is 2. The van der Waals surface area contributed by atoms with Crippen molar-refractivity contribution in [1.29, 1.82) is 0 Å². The monoisotopic (exact) mass is 376 g/mol. The molecule has 1 aromatic heterocycles. The van der Waals surface area contributed by atoms with Crippen molar-refractivity contribution in [2.45, 2.75) is 45.6 Å². The van der Waals surface area contributed by atoms with E-state index in [2.05, 4.69) is 27.3 Å². The van der Waals surface area contributed by atoms with Gasteiger partial charge < -0.3 is 19.9 Å². The second-order valence-corrected chi connectivity index (χ2v) is 7.17. The number of nitrogens with one attached hydrogen (secondary N) is 2. The van der Waals surface area contributed by atoms with E-state index < -0.39 is 0 Å². The molecule has 150 valence electrons. The van der Waals surface area contributed by atoms with E-state index in [4.69, 9.17) is 9.73 Å². The predicted octanol–water partition coefficient (Wildman–Crippen LogP) is 0.939. The molecule has 2 N–H and O–H groups in total. The van der Waals surface area contributed by atoms with Gasteiger partial charge in [-0.05, 0) is 45.1 Å². The minimum absolute atomic E-state index is 0.157. The van der Waals surface area contributed by atoms with Gasteiger partial charge in [-0.3, -0.25) is 14.9 Å². The first-order valence-electron chi connectivity index (χ1n) is 10.1. The Morgan fingerprint density at radius 1 is 1.37 bits per heavy atom. The highest BCUT2D eigenvalue weighted by Crippen LogP contribution is 2.16. The molecule has 8 heteroatoms. The van der Waals surface area contributed by atoms with Crippen molar-refractivity contribution in [2.24, 2.45) is 4.99 Å². The molecule has 0 radical (unpaired) electrons. The lowest BCUT2D eigenvalue weighted by atomic mass is 10.1. The maximum Gasteiger partial charge on any atom is 0.251 e. The van der Waals surface area contributed by atoms with Crippen molar-refractivity contribution in [1.82, 2.24) is 25.3 Å². The molecule has 27 heavy (non-hydrogen) atoms. The number of H-pyrrole nitrogens is 1. The van der Waals surface area contributed by atoms with Gasteiger partial charge in [0.1, 0.15) is 6.10 Å². The Morgan fingerprint density at radius 3 is 2.78 bits per heavy atom. The van der Waals surface area contributed by atoms with E-state index in [0.717, 1.165) is 76.6 Å². The van der Waals surface area contributed by atoms with Gasteiger partial charge in [0.25, 0.3) is 5.91 Å². The minimum Gasteiger partial charge on any atom is -0.368 e. The Kier molecular flexibility index (Phi) is 7.09. The maximum absolute atomic E-state index is 12.5. The Hall–Kier alpha value is -2.09. The fourth-order valence-electron chi connectivity index (χ4n) is 3.62. The summed E-state index contributed by atoms with van der Waals surface area (Å²) in [5.74, 6) is 1.11. The van der Waals surface area contributed by atoms with E-state index in [-0.39, 0.29) is 12.0 Å². The number of aryl methyl sites for hydroxylation is 2. The first kappa shape index (κ1) is 19.7. The van der Waals surface area contributed by atoms with Crippen LogP contribution in [0.1, 0.15) is 37.4 Å². The van der Waals surface area contributed by atoms with E-state index in [1.807, 2.05) is 18.0 Å². The highest BCUT2D eigenvalue weighted by molar-refractivity contribution is 5.82. The van der Waals surface area contributed by atoms with Crippen molar-refractivity contribution in [2.75, 3.05) is 45.9 Å². The summed E-state index contributed by atoms with van der Waals surface area (Å²) < 4.78 is 5.54. The first-order chi connectivity index (χ1) is 13.2. The van der Waals surface area contributed by atoms with Crippen LogP contribution in [0.4, 0.5) is 0 Å². The zero-order valence-electron chi connectivity index (χ0n) is 16.5. The molecule has 1 aromatic rings. The Labute approximate surface area is 161 Å². The molecule has 2 aliphatic rings. The summed E-state index contributed by atoms with van der Waals surface area (Å²) in [4.78, 5) is 21.5. The van der Waals surface area contributed by atoms with E-state index in [1.165, 1.54) is 5.56 Å². The Morgan fingerprint density at radius 2 is 2.15 bits per heavy atom. The van der Waals surface area contributed by atoms with Crippen LogP contribution in [0.2, 0.25) is 0 Å². The number of guanidine groups is 1. The molecule has 2 saturated heterocycles. The maximum atomic E-state index is 12.5. The molecule has 3 rings (SSSR count). The highest BCUT2D eigenvalue weighted by atomic mass is 16.5. The molecule has 0 aromatic carbocycles. The third kappa shape index (κ3) is 5.22. The van der Waals surface area contributed by atoms with Gasteiger partial charge in [0.2, 0.25) is 0 Å². The molecule has 0 saturated carbocycles. The number of aromatic nitrogens is 2. The fourth-order valence-corrected chi connectivity index (χ4v) is 3.62. The van der Waals surface area contributed by atoms with Crippen LogP contribution in [0.15, 0.2) is 11.2 Å². The third-order valence-electron chi connectivity index (χ3n) is 5.23. The molecule has 3 heterocycles. The average molecular weight is 377 g/mol. The van der Waals surface area contributed by atoms with Gasteiger partial charge in [-0.15, -0.1) is 0 Å². The second-order valence-electron chi connectivity index (χ2n) is 7.17. The number of aromatic amines is 1. The van der Waals surface area contributed by atoms with Gasteiger partial charge >= 0.3 is 0 Å². The number of nitrogens with zero attached hydrogens (tertiary/aromatic N) is 4. The molecule has 2 aliphatic heterocycles. The smallest absolute Gasteiger partial charge is 0.251 e. The van der Waals surface area contributed by atoms with Crippen LogP contribution in [0.3, 0.4) is 0 Å². The van der Waals surface area contributed by atoms with Gasteiger partial charge in [-0.1, -0.05) is 0 Å². The summed E-state index contributed by atoms with van der Waals surface area (Å²) in [5.41, 5.74) is 2.40. The summed E-state index contributed by atoms with van der Waals surface area (Å²) in [7, 11) is 0. The van der Waals surface area contributed by atoms with Crippen LogP contribution in [0.5, 0.6) is 0 Å². The zero-order valence-corrected chi connectivity index (χ0v) is 16.5. The van der Waals surface area contributed by atoms with Crippen LogP contribution in [0.25, 0.3) is 0 Å². The van der Waals surface area contributed by atoms with Gasteiger partial charge in [0, 0.05) is 51.6 Å². The topological polar surface area (TPSA) is 85.9 Å². The molecule has 1 atom stereocenters. The number of amides is 1. The largest absolute Gasteiger partial charge is 0.368 e. The van der Waals surface area contributed by atoms with Gasteiger partial charge in [0.05, 0.1) is 6.20 Å². The van der Waals surface area contributed by atoms with E-state index in [0.29, 0.717) is 6.61 Å². The van der Waals surface area contributed by atoms with Crippen LogP contribution in [-0.4, -0.2) is 83.8 Å². The fraction of sp³-hybridized carbons (Fsp3) is 0.737.